The van der Waals surface area contributed by atoms with Crippen LogP contribution in [0.3, 0.4) is 0 Å². The monoisotopic (exact) mass is 377 g/mol. The minimum Gasteiger partial charge on any atom is -0.492 e. The van der Waals surface area contributed by atoms with E-state index in [-0.39, 0.29) is 12.5 Å². The van der Waals surface area contributed by atoms with Crippen LogP contribution >= 0.6 is 0 Å². The molecule has 1 fully saturated rings. The molecule has 0 unspecified atom stereocenters. The number of carbonyl (C=O) groups is 2. The van der Waals surface area contributed by atoms with Gasteiger partial charge >= 0.3 is 5.97 Å². The van der Waals surface area contributed by atoms with Crippen LogP contribution in [0.4, 0.5) is 5.69 Å². The van der Waals surface area contributed by atoms with Crippen LogP contribution in [0.25, 0.3) is 0 Å². The van der Waals surface area contributed by atoms with Gasteiger partial charge in [-0.2, -0.15) is 0 Å². The fourth-order valence-electron chi connectivity index (χ4n) is 3.26. The molecule has 6 heteroatoms. The van der Waals surface area contributed by atoms with Gasteiger partial charge in [0.2, 0.25) is 0 Å². The normalized spacial score (nSPS) is 15.6. The second-order valence-electron chi connectivity index (χ2n) is 7.22. The summed E-state index contributed by atoms with van der Waals surface area (Å²) in [5.41, 5.74) is 0.0733. The third-order valence-electron chi connectivity index (χ3n) is 4.55. The molecule has 0 spiro atoms. The maximum absolute atomic E-state index is 12.8. The zero-order valence-corrected chi connectivity index (χ0v) is 16.8. The summed E-state index contributed by atoms with van der Waals surface area (Å²) in [6.07, 6.45) is 3.38. The second kappa shape index (κ2) is 9.74. The first-order chi connectivity index (χ1) is 12.9. The van der Waals surface area contributed by atoms with Gasteiger partial charge in [-0.3, -0.25) is 4.79 Å². The van der Waals surface area contributed by atoms with Gasteiger partial charge in [0, 0.05) is 12.3 Å². The molecule has 0 bridgehead atoms. The van der Waals surface area contributed by atoms with Gasteiger partial charge in [0.25, 0.3) is 5.91 Å². The van der Waals surface area contributed by atoms with E-state index in [9.17, 15) is 9.59 Å². The lowest BCUT2D eigenvalue weighted by molar-refractivity contribution is -0.140. The van der Waals surface area contributed by atoms with Crippen LogP contribution in [0.2, 0.25) is 0 Å². The van der Waals surface area contributed by atoms with Crippen LogP contribution in [0, 0.1) is 5.92 Å². The summed E-state index contributed by atoms with van der Waals surface area (Å²) >= 11 is 0. The highest BCUT2D eigenvalue weighted by atomic mass is 16.5. The predicted molar refractivity (Wildman–Crippen MR) is 104 cm³/mol. The Kier molecular flexibility index (Phi) is 7.66. The smallest absolute Gasteiger partial charge is 0.341 e. The number of carbonyl (C=O) groups excluding carboxylic acids is 2. The first-order valence-corrected chi connectivity index (χ1v) is 9.81. The Morgan fingerprint density at radius 2 is 1.85 bits per heavy atom. The fourth-order valence-corrected chi connectivity index (χ4v) is 3.26. The fraction of sp³-hybridized carbons (Fsp3) is 0.619. The molecule has 0 heterocycles. The summed E-state index contributed by atoms with van der Waals surface area (Å²) in [7, 11) is 0. The van der Waals surface area contributed by atoms with Crippen LogP contribution in [0.1, 0.15) is 63.7 Å². The zero-order chi connectivity index (χ0) is 19.9. The Morgan fingerprint density at radius 1 is 1.15 bits per heavy atom. The Morgan fingerprint density at radius 3 is 2.44 bits per heavy atom. The number of nitrogens with one attached hydrogen (secondary N) is 1. The number of hydrogen-bond acceptors (Lipinski definition) is 5. The molecule has 0 atom stereocenters. The highest BCUT2D eigenvalue weighted by molar-refractivity contribution is 6.00. The first kappa shape index (κ1) is 21.2. The van der Waals surface area contributed by atoms with Gasteiger partial charge in [-0.1, -0.05) is 13.8 Å². The van der Waals surface area contributed by atoms with Crippen LogP contribution in [-0.2, 0) is 14.3 Å². The van der Waals surface area contributed by atoms with Crippen molar-refractivity contribution < 1.29 is 23.8 Å². The Balaban J connectivity index is 2.22. The summed E-state index contributed by atoms with van der Waals surface area (Å²) in [4.78, 5) is 25.2. The first-order valence-electron chi connectivity index (χ1n) is 9.81. The van der Waals surface area contributed by atoms with Crippen molar-refractivity contribution in [3.8, 4) is 5.75 Å². The third kappa shape index (κ3) is 5.45. The van der Waals surface area contributed by atoms with Gasteiger partial charge in [-0.05, 0) is 63.6 Å². The Labute approximate surface area is 161 Å². The summed E-state index contributed by atoms with van der Waals surface area (Å²) in [6.45, 7) is 8.97. The van der Waals surface area contributed by atoms with Crippen molar-refractivity contribution in [2.45, 2.75) is 59.0 Å². The molecular weight excluding hydrogens is 346 g/mol. The van der Waals surface area contributed by atoms with Crippen molar-refractivity contribution in [2.75, 3.05) is 25.1 Å². The SMILES string of the molecule is CCOC(=O)c1cc(NC(=O)C2(OCC)CCCC2)ccc1OCC(C)C. The molecule has 1 saturated carbocycles. The molecule has 1 amide bonds. The van der Waals surface area contributed by atoms with Crippen molar-refractivity contribution in [2.24, 2.45) is 5.92 Å². The summed E-state index contributed by atoms with van der Waals surface area (Å²) in [5, 5.41) is 2.91. The molecule has 1 aliphatic carbocycles. The van der Waals surface area contributed by atoms with Gasteiger partial charge in [0.05, 0.1) is 13.2 Å². The maximum Gasteiger partial charge on any atom is 0.341 e. The summed E-state index contributed by atoms with van der Waals surface area (Å²) in [6, 6.07) is 5.05. The zero-order valence-electron chi connectivity index (χ0n) is 16.8. The average molecular weight is 377 g/mol. The topological polar surface area (TPSA) is 73.9 Å². The van der Waals surface area contributed by atoms with E-state index >= 15 is 0 Å². The van der Waals surface area contributed by atoms with Gasteiger partial charge in [0.1, 0.15) is 16.9 Å². The molecule has 0 saturated heterocycles. The molecular formula is C21H31NO5. The largest absolute Gasteiger partial charge is 0.492 e. The summed E-state index contributed by atoms with van der Waals surface area (Å²) in [5.74, 6) is 0.161. The quantitative estimate of drug-likeness (QED) is 0.653. The number of hydrogen-bond donors (Lipinski definition) is 1. The molecule has 1 aromatic rings. The Bertz CT molecular complexity index is 650. The van der Waals surface area contributed by atoms with Gasteiger partial charge < -0.3 is 19.5 Å². The standard InChI is InChI=1S/C21H31NO5/c1-5-25-19(23)17-13-16(9-10-18(17)26-14-15(3)4)22-20(24)21(27-6-2)11-7-8-12-21/h9-10,13,15H,5-8,11-12,14H2,1-4H3,(H,22,24). The van der Waals surface area contributed by atoms with Crippen molar-refractivity contribution in [1.29, 1.82) is 0 Å². The van der Waals surface area contributed by atoms with Crippen LogP contribution in [-0.4, -0.2) is 37.3 Å². The maximum atomic E-state index is 12.8. The van der Waals surface area contributed by atoms with Crippen LogP contribution in [0.5, 0.6) is 5.75 Å². The Hall–Kier alpha value is -2.08. The van der Waals surface area contributed by atoms with E-state index in [2.05, 4.69) is 5.32 Å². The van der Waals surface area contributed by atoms with Gasteiger partial charge in [-0.25, -0.2) is 4.79 Å². The highest BCUT2D eigenvalue weighted by Gasteiger charge is 2.42. The number of ether oxygens (including phenoxy) is 3. The molecule has 0 radical (unpaired) electrons. The van der Waals surface area contributed by atoms with E-state index in [1.165, 1.54) is 0 Å². The number of amides is 1. The van der Waals surface area contributed by atoms with Crippen molar-refractivity contribution in [3.05, 3.63) is 23.8 Å². The summed E-state index contributed by atoms with van der Waals surface area (Å²) < 4.78 is 16.7. The number of esters is 1. The second-order valence-corrected chi connectivity index (χ2v) is 7.22. The highest BCUT2D eigenvalue weighted by Crippen LogP contribution is 2.35. The van der Waals surface area contributed by atoms with Gasteiger partial charge in [0.15, 0.2) is 0 Å². The van der Waals surface area contributed by atoms with E-state index in [4.69, 9.17) is 14.2 Å². The van der Waals surface area contributed by atoms with Crippen LogP contribution in [0.15, 0.2) is 18.2 Å². The van der Waals surface area contributed by atoms with Crippen LogP contribution < -0.4 is 10.1 Å². The predicted octanol–water partition coefficient (Wildman–Crippen LogP) is 4.19. The lowest BCUT2D eigenvalue weighted by Gasteiger charge is -2.27. The number of anilines is 1. The number of rotatable bonds is 9. The molecule has 1 aliphatic rings. The van der Waals surface area contributed by atoms with Gasteiger partial charge in [-0.15, -0.1) is 0 Å². The van der Waals surface area contributed by atoms with Crippen molar-refractivity contribution in [1.82, 2.24) is 0 Å². The molecule has 6 nitrogen and oxygen atoms in total. The van der Waals surface area contributed by atoms with E-state index in [0.29, 0.717) is 49.0 Å². The molecule has 27 heavy (non-hydrogen) atoms. The molecule has 0 aromatic heterocycles. The number of benzene rings is 1. The minimum absolute atomic E-state index is 0.160. The van der Waals surface area contributed by atoms with Crippen molar-refractivity contribution in [3.63, 3.8) is 0 Å². The molecule has 1 N–H and O–H groups in total. The van der Waals surface area contributed by atoms with E-state index < -0.39 is 11.6 Å². The van der Waals surface area contributed by atoms with Crippen molar-refractivity contribution >= 4 is 17.6 Å². The lowest BCUT2D eigenvalue weighted by Crippen LogP contribution is -2.43. The molecule has 150 valence electrons. The average Bonchev–Trinajstić information content (AvgIpc) is 3.11. The third-order valence-corrected chi connectivity index (χ3v) is 4.55. The molecule has 2 rings (SSSR count). The minimum atomic E-state index is -0.772. The molecule has 1 aromatic carbocycles. The lowest BCUT2D eigenvalue weighted by atomic mass is 10.0. The van der Waals surface area contributed by atoms with E-state index in [0.717, 1.165) is 12.8 Å². The molecule has 0 aliphatic heterocycles. The van der Waals surface area contributed by atoms with E-state index in [1.807, 2.05) is 20.8 Å². The van der Waals surface area contributed by atoms with E-state index in [1.54, 1.807) is 25.1 Å².